The van der Waals surface area contributed by atoms with Gasteiger partial charge < -0.3 is 4.74 Å². The van der Waals surface area contributed by atoms with Crippen LogP contribution in [-0.4, -0.2) is 0 Å². The summed E-state index contributed by atoms with van der Waals surface area (Å²) in [5.74, 6) is 0.348. The third-order valence-electron chi connectivity index (χ3n) is 0.762. The molecule has 0 saturated heterocycles. The molecule has 0 unspecified atom stereocenters. The Morgan fingerprint density at radius 3 is 2.80 bits per heavy atom. The van der Waals surface area contributed by atoms with E-state index in [0.717, 1.165) is 0 Å². The second-order valence-electron chi connectivity index (χ2n) is 1.54. The van der Waals surface area contributed by atoms with Crippen LogP contribution in [0.3, 0.4) is 0 Å². The summed E-state index contributed by atoms with van der Waals surface area (Å²) in [5, 5.41) is 8.01. The van der Waals surface area contributed by atoms with E-state index in [9.17, 15) is 0 Å². The van der Waals surface area contributed by atoms with Crippen molar-refractivity contribution >= 4 is 0 Å². The lowest BCUT2D eigenvalue weighted by atomic mass is 10.4. The molecule has 0 aliphatic carbocycles. The first-order valence-corrected chi connectivity index (χ1v) is 2.85. The van der Waals surface area contributed by atoms with Crippen molar-refractivity contribution in [2.75, 3.05) is 0 Å². The topological polar surface area (TPSA) is 33.0 Å². The number of rotatable bonds is 3. The van der Waals surface area contributed by atoms with E-state index in [4.69, 9.17) is 5.26 Å². The van der Waals surface area contributed by atoms with Crippen LogP contribution in [0.1, 0.15) is 6.92 Å². The first kappa shape index (κ1) is 8.51. The highest BCUT2D eigenvalue weighted by Gasteiger charge is 1.81. The van der Waals surface area contributed by atoms with E-state index in [2.05, 4.69) is 11.3 Å². The zero-order valence-electron chi connectivity index (χ0n) is 5.87. The van der Waals surface area contributed by atoms with E-state index in [-0.39, 0.29) is 0 Å². The first-order valence-electron chi connectivity index (χ1n) is 2.85. The molecule has 0 spiro atoms. The summed E-state index contributed by atoms with van der Waals surface area (Å²) in [6.45, 7) is 5.35. The molecule has 0 heterocycles. The molecule has 10 heavy (non-hydrogen) atoms. The molecular weight excluding hydrogens is 126 g/mol. The van der Waals surface area contributed by atoms with Crippen LogP contribution in [0.2, 0.25) is 0 Å². The molecule has 0 fully saturated rings. The standard InChI is InChI=1S/C8H9NO/c1-3-4-5-6-8(2)10-7-9/h3-6H,2H2,1H3/b4-3-,6-5-. The molecule has 0 aliphatic heterocycles. The van der Waals surface area contributed by atoms with E-state index in [1.54, 1.807) is 12.2 Å². The number of allylic oxidation sites excluding steroid dienone is 4. The quantitative estimate of drug-likeness (QED) is 0.337. The monoisotopic (exact) mass is 135 g/mol. The predicted octanol–water partition coefficient (Wildman–Crippen LogP) is 2.13. The normalized spacial score (nSPS) is 10.0. The van der Waals surface area contributed by atoms with E-state index >= 15 is 0 Å². The molecule has 2 heteroatoms. The summed E-state index contributed by atoms with van der Waals surface area (Å²) in [6, 6.07) is 0. The highest BCUT2D eigenvalue weighted by atomic mass is 16.5. The molecule has 0 bridgehead atoms. The summed E-state index contributed by atoms with van der Waals surface area (Å²) in [6.07, 6.45) is 8.58. The Balaban J connectivity index is 3.69. The Kier molecular flexibility index (Phi) is 4.80. The van der Waals surface area contributed by atoms with Crippen molar-refractivity contribution in [1.29, 1.82) is 5.26 Å². The number of ether oxygens (including phenoxy) is 1. The SMILES string of the molecule is C=C(/C=C\C=C/C)OC#N. The molecule has 0 rings (SSSR count). The summed E-state index contributed by atoms with van der Waals surface area (Å²) in [7, 11) is 0. The van der Waals surface area contributed by atoms with Crippen LogP contribution in [0.25, 0.3) is 0 Å². The zero-order chi connectivity index (χ0) is 7.82. The minimum atomic E-state index is 0.348. The maximum absolute atomic E-state index is 8.01. The first-order chi connectivity index (χ1) is 4.81. The van der Waals surface area contributed by atoms with Crippen molar-refractivity contribution in [3.63, 3.8) is 0 Å². The third kappa shape index (κ3) is 4.66. The maximum atomic E-state index is 8.01. The highest BCUT2D eigenvalue weighted by molar-refractivity contribution is 5.14. The lowest BCUT2D eigenvalue weighted by Gasteiger charge is -1.87. The Labute approximate surface area is 60.7 Å². The molecule has 0 aliphatic rings. The third-order valence-corrected chi connectivity index (χ3v) is 0.762. The summed E-state index contributed by atoms with van der Waals surface area (Å²) < 4.78 is 4.38. The molecule has 0 radical (unpaired) electrons. The molecule has 0 atom stereocenters. The van der Waals surface area contributed by atoms with Crippen LogP contribution < -0.4 is 0 Å². The summed E-state index contributed by atoms with van der Waals surface area (Å²) in [5.41, 5.74) is 0. The van der Waals surface area contributed by atoms with Crippen molar-refractivity contribution in [2.45, 2.75) is 6.92 Å². The highest BCUT2D eigenvalue weighted by Crippen LogP contribution is 1.93. The van der Waals surface area contributed by atoms with Gasteiger partial charge in [0.05, 0.1) is 0 Å². The average Bonchev–Trinajstić information content (AvgIpc) is 1.89. The van der Waals surface area contributed by atoms with Gasteiger partial charge in [0.2, 0.25) is 0 Å². The van der Waals surface area contributed by atoms with Crippen molar-refractivity contribution < 1.29 is 4.74 Å². The molecule has 0 aromatic rings. The fraction of sp³-hybridized carbons (Fsp3) is 0.125. The van der Waals surface area contributed by atoms with Gasteiger partial charge in [-0.2, -0.15) is 0 Å². The fourth-order valence-electron chi connectivity index (χ4n) is 0.367. The molecule has 0 aromatic heterocycles. The van der Waals surface area contributed by atoms with E-state index < -0.39 is 0 Å². The van der Waals surface area contributed by atoms with Crippen LogP contribution in [-0.2, 0) is 4.74 Å². The maximum Gasteiger partial charge on any atom is 0.292 e. The largest absolute Gasteiger partial charge is 0.389 e. The molecule has 0 aromatic carbocycles. The molecule has 52 valence electrons. The number of hydrogen-bond acceptors (Lipinski definition) is 2. The van der Waals surface area contributed by atoms with Gasteiger partial charge in [0.15, 0.2) is 0 Å². The lowest BCUT2D eigenvalue weighted by Crippen LogP contribution is -1.74. The zero-order valence-corrected chi connectivity index (χ0v) is 5.87. The number of nitriles is 1. The van der Waals surface area contributed by atoms with Gasteiger partial charge in [0, 0.05) is 0 Å². The smallest absolute Gasteiger partial charge is 0.292 e. The lowest BCUT2D eigenvalue weighted by molar-refractivity contribution is 0.395. The van der Waals surface area contributed by atoms with Crippen LogP contribution in [0.15, 0.2) is 36.6 Å². The number of hydrogen-bond donors (Lipinski definition) is 0. The van der Waals surface area contributed by atoms with Crippen LogP contribution in [0, 0.1) is 11.5 Å². The Morgan fingerprint density at radius 2 is 2.30 bits per heavy atom. The summed E-state index contributed by atoms with van der Waals surface area (Å²) in [4.78, 5) is 0. The van der Waals surface area contributed by atoms with E-state index in [1.165, 1.54) is 6.26 Å². The second kappa shape index (κ2) is 5.64. The molecule has 0 N–H and O–H groups in total. The molecule has 2 nitrogen and oxygen atoms in total. The van der Waals surface area contributed by atoms with E-state index in [1.807, 2.05) is 19.1 Å². The molecule has 0 amide bonds. The second-order valence-corrected chi connectivity index (χ2v) is 1.54. The van der Waals surface area contributed by atoms with Crippen LogP contribution >= 0.6 is 0 Å². The van der Waals surface area contributed by atoms with Gasteiger partial charge >= 0.3 is 0 Å². The van der Waals surface area contributed by atoms with Gasteiger partial charge in [-0.05, 0) is 13.0 Å². The predicted molar refractivity (Wildman–Crippen MR) is 39.8 cm³/mol. The van der Waals surface area contributed by atoms with Gasteiger partial charge in [0.25, 0.3) is 6.26 Å². The van der Waals surface area contributed by atoms with Crippen molar-refractivity contribution in [3.05, 3.63) is 36.6 Å². The fourth-order valence-corrected chi connectivity index (χ4v) is 0.367. The van der Waals surface area contributed by atoms with Gasteiger partial charge in [-0.15, -0.1) is 5.26 Å². The summed E-state index contributed by atoms with van der Waals surface area (Å²) >= 11 is 0. The average molecular weight is 135 g/mol. The molecular formula is C8H9NO. The van der Waals surface area contributed by atoms with Crippen molar-refractivity contribution in [2.24, 2.45) is 0 Å². The van der Waals surface area contributed by atoms with Crippen LogP contribution in [0.5, 0.6) is 0 Å². The minimum absolute atomic E-state index is 0.348. The Hall–Kier alpha value is -1.49. The van der Waals surface area contributed by atoms with Crippen molar-refractivity contribution in [1.82, 2.24) is 0 Å². The Bertz CT molecular complexity index is 196. The van der Waals surface area contributed by atoms with Crippen LogP contribution in [0.4, 0.5) is 0 Å². The van der Waals surface area contributed by atoms with Gasteiger partial charge in [0.1, 0.15) is 5.76 Å². The molecule has 0 saturated carbocycles. The van der Waals surface area contributed by atoms with Crippen molar-refractivity contribution in [3.8, 4) is 6.26 Å². The number of nitrogens with zero attached hydrogens (tertiary/aromatic N) is 1. The Morgan fingerprint density at radius 1 is 1.60 bits per heavy atom. The van der Waals surface area contributed by atoms with E-state index in [0.29, 0.717) is 5.76 Å². The minimum Gasteiger partial charge on any atom is -0.389 e. The van der Waals surface area contributed by atoms with Gasteiger partial charge in [-0.3, -0.25) is 0 Å². The van der Waals surface area contributed by atoms with Gasteiger partial charge in [-0.25, -0.2) is 0 Å². The van der Waals surface area contributed by atoms with Gasteiger partial charge in [-0.1, -0.05) is 24.8 Å².